The molecule has 3 nitrogen and oxygen atoms in total. The van der Waals surface area contributed by atoms with Crippen LogP contribution in [0.2, 0.25) is 5.02 Å². The lowest BCUT2D eigenvalue weighted by molar-refractivity contribution is -0.117. The lowest BCUT2D eigenvalue weighted by Crippen LogP contribution is -2.08. The molecule has 1 aromatic heterocycles. The van der Waals surface area contributed by atoms with Gasteiger partial charge in [0.1, 0.15) is 0 Å². The Morgan fingerprint density at radius 3 is 3.08 bits per heavy atom. The summed E-state index contributed by atoms with van der Waals surface area (Å²) in [5.74, 6) is 4.84. The highest BCUT2D eigenvalue weighted by molar-refractivity contribution is 6.31. The Balaban J connectivity index is 2.77. The minimum absolute atomic E-state index is 0.0330. The Kier molecular flexibility index (Phi) is 3.30. The Hall–Kier alpha value is -1.53. The summed E-state index contributed by atoms with van der Waals surface area (Å²) in [6.07, 6.45) is 3.14. The molecule has 0 bridgehead atoms. The summed E-state index contributed by atoms with van der Waals surface area (Å²) in [6.45, 7) is 0. The van der Waals surface area contributed by atoms with Gasteiger partial charge < -0.3 is 5.73 Å². The van der Waals surface area contributed by atoms with Gasteiger partial charge >= 0.3 is 0 Å². The van der Waals surface area contributed by atoms with E-state index < -0.39 is 5.91 Å². The smallest absolute Gasteiger partial charge is 0.229 e. The third-order valence-electron chi connectivity index (χ3n) is 1.25. The molecule has 0 fully saturated rings. The predicted octanol–water partition coefficient (Wildman–Crippen LogP) is 0.962. The maximum atomic E-state index is 10.3. The minimum atomic E-state index is -0.451. The second-order valence-electron chi connectivity index (χ2n) is 2.30. The predicted molar refractivity (Wildman–Crippen MR) is 49.9 cm³/mol. The van der Waals surface area contributed by atoms with Crippen LogP contribution in [0.5, 0.6) is 0 Å². The van der Waals surface area contributed by atoms with E-state index in [1.54, 1.807) is 12.3 Å². The van der Waals surface area contributed by atoms with Gasteiger partial charge in [-0.2, -0.15) is 0 Å². The van der Waals surface area contributed by atoms with Crippen LogP contribution in [-0.2, 0) is 4.79 Å². The summed E-state index contributed by atoms with van der Waals surface area (Å²) >= 11 is 5.78. The molecule has 0 aromatic carbocycles. The Morgan fingerprint density at radius 2 is 2.46 bits per heavy atom. The van der Waals surface area contributed by atoms with Crippen molar-refractivity contribution in [2.45, 2.75) is 6.42 Å². The largest absolute Gasteiger partial charge is 0.369 e. The fourth-order valence-electron chi connectivity index (χ4n) is 0.696. The summed E-state index contributed by atoms with van der Waals surface area (Å²) in [5, 5.41) is 0.520. The Morgan fingerprint density at radius 1 is 1.69 bits per heavy atom. The van der Waals surface area contributed by atoms with Crippen LogP contribution in [0, 0.1) is 11.8 Å². The van der Waals surface area contributed by atoms with Crippen molar-refractivity contribution < 1.29 is 4.79 Å². The molecule has 1 amide bonds. The standard InChI is InChI=1S/C9H7ClN2O/c10-8-4-5-12-6-7(8)2-1-3-9(11)13/h4-6H,3H2,(H2,11,13). The lowest BCUT2D eigenvalue weighted by atomic mass is 10.3. The van der Waals surface area contributed by atoms with Crippen LogP contribution in [0.25, 0.3) is 0 Å². The van der Waals surface area contributed by atoms with Crippen LogP contribution in [-0.4, -0.2) is 10.9 Å². The van der Waals surface area contributed by atoms with E-state index in [0.717, 1.165) is 0 Å². The topological polar surface area (TPSA) is 56.0 Å². The Bertz CT molecular complexity index is 379. The van der Waals surface area contributed by atoms with Crippen molar-refractivity contribution in [1.29, 1.82) is 0 Å². The first-order chi connectivity index (χ1) is 6.20. The van der Waals surface area contributed by atoms with Gasteiger partial charge in [-0.05, 0) is 6.07 Å². The van der Waals surface area contributed by atoms with Crippen LogP contribution < -0.4 is 5.73 Å². The number of nitrogens with zero attached hydrogens (tertiary/aromatic N) is 1. The molecule has 66 valence electrons. The number of aromatic nitrogens is 1. The number of nitrogens with two attached hydrogens (primary N) is 1. The molecule has 0 aliphatic carbocycles. The maximum absolute atomic E-state index is 10.3. The second kappa shape index (κ2) is 4.48. The van der Waals surface area contributed by atoms with Gasteiger partial charge in [-0.25, -0.2) is 0 Å². The molecule has 0 saturated heterocycles. The van der Waals surface area contributed by atoms with Gasteiger partial charge in [0, 0.05) is 12.4 Å². The zero-order chi connectivity index (χ0) is 9.68. The molecule has 0 spiro atoms. The number of carbonyl (C=O) groups is 1. The number of carbonyl (C=O) groups excluding carboxylic acids is 1. The second-order valence-corrected chi connectivity index (χ2v) is 2.71. The summed E-state index contributed by atoms with van der Waals surface area (Å²) in [4.78, 5) is 14.2. The average Bonchev–Trinajstić information content (AvgIpc) is 2.08. The Labute approximate surface area is 80.9 Å². The van der Waals surface area contributed by atoms with E-state index in [0.29, 0.717) is 10.6 Å². The molecule has 0 radical (unpaired) electrons. The first-order valence-corrected chi connectivity index (χ1v) is 3.94. The summed E-state index contributed by atoms with van der Waals surface area (Å²) < 4.78 is 0. The van der Waals surface area contributed by atoms with E-state index in [2.05, 4.69) is 16.8 Å². The number of primary amides is 1. The summed E-state index contributed by atoms with van der Waals surface area (Å²) in [5.41, 5.74) is 5.51. The third-order valence-corrected chi connectivity index (χ3v) is 1.58. The number of amides is 1. The van der Waals surface area contributed by atoms with E-state index >= 15 is 0 Å². The zero-order valence-corrected chi connectivity index (χ0v) is 7.51. The number of hydrogen-bond donors (Lipinski definition) is 1. The van der Waals surface area contributed by atoms with Gasteiger partial charge in [-0.1, -0.05) is 23.4 Å². The minimum Gasteiger partial charge on any atom is -0.369 e. The molecular weight excluding hydrogens is 188 g/mol. The SMILES string of the molecule is NC(=O)CC#Cc1cnccc1Cl. The van der Waals surface area contributed by atoms with Crippen molar-refractivity contribution in [3.63, 3.8) is 0 Å². The molecule has 1 rings (SSSR count). The quantitative estimate of drug-likeness (QED) is 0.678. The van der Waals surface area contributed by atoms with Gasteiger partial charge in [-0.3, -0.25) is 9.78 Å². The third kappa shape index (κ3) is 3.14. The molecule has 0 saturated carbocycles. The highest BCUT2D eigenvalue weighted by atomic mass is 35.5. The number of hydrogen-bond acceptors (Lipinski definition) is 2. The highest BCUT2D eigenvalue weighted by Crippen LogP contribution is 2.11. The van der Waals surface area contributed by atoms with E-state index in [4.69, 9.17) is 17.3 Å². The molecular formula is C9H7ClN2O. The number of rotatable bonds is 1. The van der Waals surface area contributed by atoms with Crippen molar-refractivity contribution in [2.75, 3.05) is 0 Å². The van der Waals surface area contributed by atoms with Crippen molar-refractivity contribution in [1.82, 2.24) is 4.98 Å². The van der Waals surface area contributed by atoms with Gasteiger partial charge in [0.2, 0.25) is 5.91 Å². The molecule has 0 atom stereocenters. The fraction of sp³-hybridized carbons (Fsp3) is 0.111. The van der Waals surface area contributed by atoms with Crippen LogP contribution in [0.4, 0.5) is 0 Å². The molecule has 0 aliphatic rings. The normalized spacial score (nSPS) is 8.69. The van der Waals surface area contributed by atoms with Crippen molar-refractivity contribution in [3.05, 3.63) is 29.0 Å². The van der Waals surface area contributed by atoms with Crippen LogP contribution in [0.15, 0.2) is 18.5 Å². The first kappa shape index (κ1) is 9.56. The van der Waals surface area contributed by atoms with E-state index in [-0.39, 0.29) is 6.42 Å². The lowest BCUT2D eigenvalue weighted by Gasteiger charge is -1.91. The van der Waals surface area contributed by atoms with E-state index in [1.165, 1.54) is 6.20 Å². The highest BCUT2D eigenvalue weighted by Gasteiger charge is 1.93. The van der Waals surface area contributed by atoms with E-state index in [9.17, 15) is 4.79 Å². The van der Waals surface area contributed by atoms with Crippen molar-refractivity contribution in [2.24, 2.45) is 5.73 Å². The maximum Gasteiger partial charge on any atom is 0.229 e. The zero-order valence-electron chi connectivity index (χ0n) is 6.75. The summed E-state index contributed by atoms with van der Waals surface area (Å²) in [7, 11) is 0. The van der Waals surface area contributed by atoms with Crippen LogP contribution >= 0.6 is 11.6 Å². The van der Waals surface area contributed by atoms with Gasteiger partial charge in [0.25, 0.3) is 0 Å². The van der Waals surface area contributed by atoms with Gasteiger partial charge in [-0.15, -0.1) is 0 Å². The van der Waals surface area contributed by atoms with Crippen molar-refractivity contribution in [3.8, 4) is 11.8 Å². The first-order valence-electron chi connectivity index (χ1n) is 3.57. The van der Waals surface area contributed by atoms with Crippen LogP contribution in [0.3, 0.4) is 0 Å². The molecule has 4 heteroatoms. The number of halogens is 1. The number of pyridine rings is 1. The molecule has 0 unspecified atom stereocenters. The average molecular weight is 195 g/mol. The molecule has 2 N–H and O–H groups in total. The monoisotopic (exact) mass is 194 g/mol. The molecule has 13 heavy (non-hydrogen) atoms. The van der Waals surface area contributed by atoms with Crippen molar-refractivity contribution >= 4 is 17.5 Å². The van der Waals surface area contributed by atoms with Gasteiger partial charge in [0.15, 0.2) is 0 Å². The van der Waals surface area contributed by atoms with E-state index in [1.807, 2.05) is 0 Å². The van der Waals surface area contributed by atoms with Crippen LogP contribution in [0.1, 0.15) is 12.0 Å². The van der Waals surface area contributed by atoms with Gasteiger partial charge in [0.05, 0.1) is 17.0 Å². The summed E-state index contributed by atoms with van der Waals surface area (Å²) in [6, 6.07) is 1.63. The molecule has 1 heterocycles. The molecule has 0 aliphatic heterocycles. The molecule has 1 aromatic rings. The fourth-order valence-corrected chi connectivity index (χ4v) is 0.848.